The summed E-state index contributed by atoms with van der Waals surface area (Å²) in [4.78, 5) is 36.7. The number of aliphatic hydroxyl groups is 1. The normalized spacial score (nSPS) is 13.9. The number of aliphatic hydroxyl groups excluding tert-OH is 1. The zero-order chi connectivity index (χ0) is 23.7. The third-order valence-corrected chi connectivity index (χ3v) is 5.14. The minimum absolute atomic E-state index is 0.00191. The molecule has 0 aliphatic rings. The van der Waals surface area contributed by atoms with E-state index in [0.717, 1.165) is 16.3 Å². The molecule has 2 aromatic carbocycles. The molecule has 4 N–H and O–H groups in total. The third kappa shape index (κ3) is 6.70. The number of allylic oxidation sites excluding steroid dienone is 2. The van der Waals surface area contributed by atoms with Gasteiger partial charge in [-0.15, -0.1) is 12.6 Å². The van der Waals surface area contributed by atoms with Gasteiger partial charge in [0.2, 0.25) is 0 Å². The zero-order valence-electron chi connectivity index (χ0n) is 18.4. The van der Waals surface area contributed by atoms with E-state index in [4.69, 9.17) is 5.11 Å². The highest BCUT2D eigenvalue weighted by molar-refractivity contribution is 7.80. The summed E-state index contributed by atoms with van der Waals surface area (Å²) in [5, 5.41) is 19.0. The minimum Gasteiger partial charge on any atom is -0.381 e. The Morgan fingerprint density at radius 2 is 1.62 bits per heavy atom. The maximum atomic E-state index is 13.0. The molecule has 8 heteroatoms. The summed E-state index contributed by atoms with van der Waals surface area (Å²) >= 11 is 3.72. The molecule has 0 saturated carbocycles. The molecule has 2 atom stereocenters. The van der Waals surface area contributed by atoms with E-state index in [1.54, 1.807) is 26.0 Å². The summed E-state index contributed by atoms with van der Waals surface area (Å²) < 4.78 is 0. The van der Waals surface area contributed by atoms with Crippen molar-refractivity contribution in [3.05, 3.63) is 71.3 Å². The van der Waals surface area contributed by atoms with Crippen molar-refractivity contribution in [3.8, 4) is 0 Å². The van der Waals surface area contributed by atoms with Gasteiger partial charge in [-0.05, 0) is 42.7 Å². The van der Waals surface area contributed by atoms with E-state index in [1.165, 1.54) is 0 Å². The molecule has 3 amide bonds. The van der Waals surface area contributed by atoms with Gasteiger partial charge >= 0.3 is 11.8 Å². The quantitative estimate of drug-likeness (QED) is 0.138. The average Bonchev–Trinajstić information content (AvgIpc) is 2.79. The summed E-state index contributed by atoms with van der Waals surface area (Å²) in [6, 6.07) is 13.7. The molecule has 0 spiro atoms. The molecule has 0 fully saturated rings. The Morgan fingerprint density at radius 3 is 2.28 bits per heavy atom. The number of hydrogen-bond donors (Lipinski definition) is 5. The van der Waals surface area contributed by atoms with Crippen LogP contribution < -0.4 is 16.0 Å². The van der Waals surface area contributed by atoms with Crippen LogP contribution in [0.15, 0.2) is 65.8 Å². The van der Waals surface area contributed by atoms with E-state index in [9.17, 15) is 14.4 Å². The third-order valence-electron chi connectivity index (χ3n) is 4.96. The second-order valence-corrected chi connectivity index (χ2v) is 7.75. The number of thiol groups is 1. The lowest BCUT2D eigenvalue weighted by Gasteiger charge is -2.19. The molecule has 2 aromatic rings. The molecule has 170 valence electrons. The standard InChI is InChI=1S/C24H29N3O4S/c1-4-16(13-25-23(30)24(31)26-14-21(28)32)18(5-2)22(29)27-15(3)19-12-8-10-17-9-6-7-11-20(17)19/h4-12,15,21,28,32H,13-14H2,1-3H3,(H,25,30)(H,26,31)(H,27,29)/b16-4-,18-5+. The fraction of sp³-hybridized carbons (Fsp3) is 0.292. The topological polar surface area (TPSA) is 108 Å². The SMILES string of the molecule is C/C=C(CNC(=O)C(=O)NCC(O)S)\C(=C/C)C(=O)NC(C)c1cccc2ccccc12. The maximum absolute atomic E-state index is 13.0. The number of hydrogen-bond acceptors (Lipinski definition) is 5. The fourth-order valence-electron chi connectivity index (χ4n) is 3.32. The number of fused-ring (bicyclic) bond motifs is 1. The molecule has 2 rings (SSSR count). The van der Waals surface area contributed by atoms with Crippen molar-refractivity contribution < 1.29 is 19.5 Å². The molecule has 0 aromatic heterocycles. The zero-order valence-corrected chi connectivity index (χ0v) is 19.3. The number of amides is 3. The summed E-state index contributed by atoms with van der Waals surface area (Å²) in [5.74, 6) is -2.03. The van der Waals surface area contributed by atoms with E-state index in [0.29, 0.717) is 11.1 Å². The van der Waals surface area contributed by atoms with Gasteiger partial charge in [-0.3, -0.25) is 14.4 Å². The highest BCUT2D eigenvalue weighted by Crippen LogP contribution is 2.24. The van der Waals surface area contributed by atoms with Crippen molar-refractivity contribution in [2.24, 2.45) is 0 Å². The lowest BCUT2D eigenvalue weighted by molar-refractivity contribution is -0.139. The molecular formula is C24H29N3O4S. The predicted molar refractivity (Wildman–Crippen MR) is 129 cm³/mol. The highest BCUT2D eigenvalue weighted by Gasteiger charge is 2.19. The molecule has 7 nitrogen and oxygen atoms in total. The molecule has 0 saturated heterocycles. The Kier molecular flexibility index (Phi) is 9.49. The van der Waals surface area contributed by atoms with Crippen LogP contribution in [0.5, 0.6) is 0 Å². The van der Waals surface area contributed by atoms with Gasteiger partial charge < -0.3 is 21.1 Å². The molecule has 0 radical (unpaired) electrons. The van der Waals surface area contributed by atoms with Crippen LogP contribution in [0.4, 0.5) is 0 Å². The first-order valence-electron chi connectivity index (χ1n) is 10.3. The Bertz CT molecular complexity index is 1040. The lowest BCUT2D eigenvalue weighted by Crippen LogP contribution is -2.43. The van der Waals surface area contributed by atoms with Gasteiger partial charge in [-0.25, -0.2) is 0 Å². The second-order valence-electron chi connectivity index (χ2n) is 7.15. The van der Waals surface area contributed by atoms with Crippen molar-refractivity contribution in [1.29, 1.82) is 0 Å². The van der Waals surface area contributed by atoms with Crippen LogP contribution in [0.25, 0.3) is 10.8 Å². The Balaban J connectivity index is 2.05. The Hall–Kier alpha value is -3.10. The summed E-state index contributed by atoms with van der Waals surface area (Å²) in [7, 11) is 0. The van der Waals surface area contributed by atoms with Crippen molar-refractivity contribution >= 4 is 41.1 Å². The molecule has 0 heterocycles. The van der Waals surface area contributed by atoms with Crippen LogP contribution in [0, 0.1) is 0 Å². The molecule has 0 bridgehead atoms. The number of carbonyl (C=O) groups is 3. The van der Waals surface area contributed by atoms with Crippen molar-refractivity contribution in [1.82, 2.24) is 16.0 Å². The van der Waals surface area contributed by atoms with Crippen molar-refractivity contribution in [3.63, 3.8) is 0 Å². The second kappa shape index (κ2) is 12.1. The van der Waals surface area contributed by atoms with Gasteiger partial charge in [-0.2, -0.15) is 0 Å². The average molecular weight is 456 g/mol. The van der Waals surface area contributed by atoms with Crippen LogP contribution in [-0.4, -0.2) is 41.4 Å². The van der Waals surface area contributed by atoms with E-state index < -0.39 is 17.3 Å². The first-order chi connectivity index (χ1) is 15.3. The van der Waals surface area contributed by atoms with Crippen molar-refractivity contribution in [2.45, 2.75) is 32.2 Å². The number of nitrogens with one attached hydrogen (secondary N) is 3. The molecule has 0 aliphatic carbocycles. The van der Waals surface area contributed by atoms with E-state index in [2.05, 4.69) is 28.6 Å². The van der Waals surface area contributed by atoms with Gasteiger partial charge in [0.05, 0.1) is 12.6 Å². The summed E-state index contributed by atoms with van der Waals surface area (Å²) in [6.07, 6.45) is 3.39. The van der Waals surface area contributed by atoms with Crippen LogP contribution in [-0.2, 0) is 14.4 Å². The molecule has 32 heavy (non-hydrogen) atoms. The fourth-order valence-corrected chi connectivity index (χ4v) is 3.41. The first kappa shape index (κ1) is 25.2. The number of benzene rings is 2. The summed E-state index contributed by atoms with van der Waals surface area (Å²) in [6.45, 7) is 5.26. The highest BCUT2D eigenvalue weighted by atomic mass is 32.1. The van der Waals surface area contributed by atoms with Crippen LogP contribution >= 0.6 is 12.6 Å². The van der Waals surface area contributed by atoms with Gasteiger partial charge in [-0.1, -0.05) is 54.6 Å². The van der Waals surface area contributed by atoms with Crippen molar-refractivity contribution in [2.75, 3.05) is 13.1 Å². The minimum atomic E-state index is -1.06. The van der Waals surface area contributed by atoms with E-state index >= 15 is 0 Å². The maximum Gasteiger partial charge on any atom is 0.309 e. The predicted octanol–water partition coefficient (Wildman–Crippen LogP) is 2.39. The Morgan fingerprint density at radius 1 is 0.969 bits per heavy atom. The monoisotopic (exact) mass is 455 g/mol. The Labute approximate surface area is 193 Å². The van der Waals surface area contributed by atoms with Gasteiger partial charge in [0.25, 0.3) is 5.91 Å². The first-order valence-corrected chi connectivity index (χ1v) is 10.8. The van der Waals surface area contributed by atoms with E-state index in [1.807, 2.05) is 49.4 Å². The van der Waals surface area contributed by atoms with Crippen LogP contribution in [0.3, 0.4) is 0 Å². The smallest absolute Gasteiger partial charge is 0.309 e. The van der Waals surface area contributed by atoms with Crippen LogP contribution in [0.2, 0.25) is 0 Å². The van der Waals surface area contributed by atoms with E-state index in [-0.39, 0.29) is 25.0 Å². The number of rotatable bonds is 8. The van der Waals surface area contributed by atoms with Gasteiger partial charge in [0.15, 0.2) is 0 Å². The van der Waals surface area contributed by atoms with Gasteiger partial charge in [0, 0.05) is 12.1 Å². The number of carbonyl (C=O) groups excluding carboxylic acids is 3. The lowest BCUT2D eigenvalue weighted by atomic mass is 9.98. The van der Waals surface area contributed by atoms with Crippen LogP contribution in [0.1, 0.15) is 32.4 Å². The summed E-state index contributed by atoms with van der Waals surface area (Å²) in [5.41, 5.74) is 0.932. The largest absolute Gasteiger partial charge is 0.381 e. The molecule has 2 unspecified atom stereocenters. The van der Waals surface area contributed by atoms with Gasteiger partial charge in [0.1, 0.15) is 5.44 Å². The molecule has 0 aliphatic heterocycles. The molecular weight excluding hydrogens is 426 g/mol.